The van der Waals surface area contributed by atoms with Gasteiger partial charge < -0.3 is 4.90 Å². The van der Waals surface area contributed by atoms with Crippen molar-refractivity contribution in [2.45, 2.75) is 33.2 Å². The van der Waals surface area contributed by atoms with Gasteiger partial charge in [-0.3, -0.25) is 9.79 Å². The maximum Gasteiger partial charge on any atom is 0.159 e. The quantitative estimate of drug-likeness (QED) is 0.498. The maximum atomic E-state index is 11.4. The van der Waals surface area contributed by atoms with Crippen molar-refractivity contribution < 1.29 is 4.79 Å². The molecule has 0 N–H and O–H groups in total. The average Bonchev–Trinajstić information content (AvgIpc) is 2.58. The molecule has 0 bridgehead atoms. The first-order chi connectivity index (χ1) is 12.2. The zero-order valence-electron chi connectivity index (χ0n) is 15.8. The van der Waals surface area contributed by atoms with Crippen molar-refractivity contribution in [3.63, 3.8) is 0 Å². The maximum absolute atomic E-state index is 11.4. The normalized spacial score (nSPS) is 15.8. The van der Waals surface area contributed by atoms with Crippen LogP contribution in [0.5, 0.6) is 0 Å². The van der Waals surface area contributed by atoms with Crippen LogP contribution in [0.3, 0.4) is 0 Å². The summed E-state index contributed by atoms with van der Waals surface area (Å²) in [5.74, 6) is 0.0487. The van der Waals surface area contributed by atoms with E-state index in [0.717, 1.165) is 16.9 Å². The summed E-state index contributed by atoms with van der Waals surface area (Å²) in [5.41, 5.74) is 5.83. The molecule has 2 aromatic carbocycles. The molecule has 0 saturated heterocycles. The molecule has 0 fully saturated rings. The largest absolute Gasteiger partial charge is 0.365 e. The number of rotatable bonds is 3. The molecule has 2 aromatic rings. The van der Waals surface area contributed by atoms with Crippen molar-refractivity contribution >= 4 is 40.5 Å². The van der Waals surface area contributed by atoms with Crippen molar-refractivity contribution in [3.8, 4) is 0 Å². The second kappa shape index (κ2) is 6.73. The third-order valence-corrected chi connectivity index (χ3v) is 5.29. The van der Waals surface area contributed by atoms with Gasteiger partial charge in [0.2, 0.25) is 0 Å². The highest BCUT2D eigenvalue weighted by molar-refractivity contribution is 6.33. The van der Waals surface area contributed by atoms with Crippen molar-refractivity contribution in [1.82, 2.24) is 0 Å². The van der Waals surface area contributed by atoms with Gasteiger partial charge in [-0.1, -0.05) is 17.7 Å². The van der Waals surface area contributed by atoms with Crippen LogP contribution >= 0.6 is 11.6 Å². The van der Waals surface area contributed by atoms with E-state index >= 15 is 0 Å². The lowest BCUT2D eigenvalue weighted by molar-refractivity contribution is 0.101. The molecule has 0 unspecified atom stereocenters. The molecule has 1 aliphatic heterocycles. The van der Waals surface area contributed by atoms with Crippen LogP contribution in [-0.2, 0) is 0 Å². The Kier molecular flexibility index (Phi) is 4.76. The summed E-state index contributed by atoms with van der Waals surface area (Å²) in [6.45, 7) is 8.06. The second-order valence-electron chi connectivity index (χ2n) is 7.29. The predicted octanol–water partition coefficient (Wildman–Crippen LogP) is 5.92. The summed E-state index contributed by atoms with van der Waals surface area (Å²) in [4.78, 5) is 18.1. The predicted molar refractivity (Wildman–Crippen MR) is 111 cm³/mol. The molecule has 0 amide bonds. The number of fused-ring (bicyclic) bond motifs is 1. The molecule has 0 aromatic heterocycles. The molecular weight excluding hydrogens is 344 g/mol. The second-order valence-corrected chi connectivity index (χ2v) is 7.70. The topological polar surface area (TPSA) is 32.7 Å². The van der Waals surface area contributed by atoms with Gasteiger partial charge in [-0.2, -0.15) is 0 Å². The van der Waals surface area contributed by atoms with Gasteiger partial charge in [0.05, 0.1) is 16.2 Å². The number of hydrogen-bond donors (Lipinski definition) is 0. The van der Waals surface area contributed by atoms with Crippen molar-refractivity contribution in [3.05, 3.63) is 64.2 Å². The lowest BCUT2D eigenvalue weighted by atomic mass is 9.88. The standard InChI is InChI=1S/C22H23ClN2O/c1-14-12-22(3,4)25(5)21-11-20(23)17(10-19(14)21)13-24-18-8-6-16(7-9-18)15(2)26/h6-13H,1-5H3. The minimum Gasteiger partial charge on any atom is -0.365 e. The van der Waals surface area contributed by atoms with E-state index in [1.807, 2.05) is 18.2 Å². The first-order valence-corrected chi connectivity index (χ1v) is 8.99. The third-order valence-electron chi connectivity index (χ3n) is 4.96. The zero-order chi connectivity index (χ0) is 19.1. The van der Waals surface area contributed by atoms with E-state index in [9.17, 15) is 4.79 Å². The molecule has 0 atom stereocenters. The number of carbonyl (C=O) groups is 1. The molecular formula is C22H23ClN2O. The molecule has 1 aliphatic rings. The fraction of sp³-hybridized carbons (Fsp3) is 0.273. The molecule has 0 spiro atoms. The number of benzene rings is 2. The first kappa shape index (κ1) is 18.4. The number of allylic oxidation sites excluding steroid dienone is 1. The Labute approximate surface area is 160 Å². The molecule has 3 nitrogen and oxygen atoms in total. The summed E-state index contributed by atoms with van der Waals surface area (Å²) in [5, 5.41) is 0.671. The van der Waals surface area contributed by atoms with E-state index in [0.29, 0.717) is 10.6 Å². The SMILES string of the molecule is CC(=O)c1ccc(N=Cc2cc3c(cc2Cl)N(C)C(C)(C)C=C3C)cc1. The lowest BCUT2D eigenvalue weighted by Gasteiger charge is -2.40. The number of anilines is 1. The van der Waals surface area contributed by atoms with Crippen LogP contribution in [0.4, 0.5) is 11.4 Å². The first-order valence-electron chi connectivity index (χ1n) is 8.61. The number of carbonyl (C=O) groups excluding carboxylic acids is 1. The highest BCUT2D eigenvalue weighted by Crippen LogP contribution is 2.40. The Morgan fingerprint density at radius 1 is 1.19 bits per heavy atom. The Balaban J connectivity index is 1.95. The fourth-order valence-corrected chi connectivity index (χ4v) is 3.42. The minimum atomic E-state index is -0.0471. The number of Topliss-reactive ketones (excluding diaryl/α,β-unsaturated/α-hetero) is 1. The number of likely N-dealkylation sites (N-methyl/N-ethyl adjacent to an activating group) is 1. The van der Waals surface area contributed by atoms with Crippen LogP contribution in [-0.4, -0.2) is 24.6 Å². The molecule has 0 radical (unpaired) electrons. The Morgan fingerprint density at radius 3 is 2.46 bits per heavy atom. The minimum absolute atomic E-state index is 0.0471. The van der Waals surface area contributed by atoms with Gasteiger partial charge in [-0.15, -0.1) is 0 Å². The van der Waals surface area contributed by atoms with Crippen LogP contribution in [0.25, 0.3) is 5.57 Å². The van der Waals surface area contributed by atoms with E-state index in [4.69, 9.17) is 11.6 Å². The number of nitrogens with zero attached hydrogens (tertiary/aromatic N) is 2. The van der Waals surface area contributed by atoms with E-state index < -0.39 is 0 Å². The third kappa shape index (κ3) is 3.45. The molecule has 4 heteroatoms. The van der Waals surface area contributed by atoms with E-state index in [1.165, 1.54) is 11.1 Å². The lowest BCUT2D eigenvalue weighted by Crippen LogP contribution is -2.42. The van der Waals surface area contributed by atoms with Crippen LogP contribution in [0.1, 0.15) is 49.2 Å². The average molecular weight is 367 g/mol. The highest BCUT2D eigenvalue weighted by atomic mass is 35.5. The Hall–Kier alpha value is -2.39. The van der Waals surface area contributed by atoms with Gasteiger partial charge in [0.1, 0.15) is 0 Å². The van der Waals surface area contributed by atoms with Gasteiger partial charge in [-0.05, 0) is 69.7 Å². The van der Waals surface area contributed by atoms with Crippen molar-refractivity contribution in [2.75, 3.05) is 11.9 Å². The monoisotopic (exact) mass is 366 g/mol. The summed E-state index contributed by atoms with van der Waals surface area (Å²) >= 11 is 6.52. The van der Waals surface area contributed by atoms with Crippen molar-refractivity contribution in [1.29, 1.82) is 0 Å². The number of halogens is 1. The van der Waals surface area contributed by atoms with E-state index in [2.05, 4.69) is 49.9 Å². The highest BCUT2D eigenvalue weighted by Gasteiger charge is 2.29. The molecule has 3 rings (SSSR count). The van der Waals surface area contributed by atoms with Crippen LogP contribution in [0.15, 0.2) is 47.5 Å². The molecule has 26 heavy (non-hydrogen) atoms. The van der Waals surface area contributed by atoms with Crippen molar-refractivity contribution in [2.24, 2.45) is 4.99 Å². The number of ketones is 1. The van der Waals surface area contributed by atoms with Crippen LogP contribution in [0, 0.1) is 0 Å². The molecule has 134 valence electrons. The Morgan fingerprint density at radius 2 is 1.85 bits per heavy atom. The van der Waals surface area contributed by atoms with Crippen LogP contribution < -0.4 is 4.90 Å². The van der Waals surface area contributed by atoms with Gasteiger partial charge in [0.15, 0.2) is 5.78 Å². The summed E-state index contributed by atoms with van der Waals surface area (Å²) in [6, 6.07) is 11.3. The van der Waals surface area contributed by atoms with Gasteiger partial charge in [0.25, 0.3) is 0 Å². The number of aliphatic imine (C=N–C) groups is 1. The summed E-state index contributed by atoms with van der Waals surface area (Å²) < 4.78 is 0. The van der Waals surface area contributed by atoms with Gasteiger partial charge in [-0.25, -0.2) is 0 Å². The van der Waals surface area contributed by atoms with Gasteiger partial charge in [0, 0.05) is 35.6 Å². The summed E-state index contributed by atoms with van der Waals surface area (Å²) in [6.07, 6.45) is 4.04. The smallest absolute Gasteiger partial charge is 0.159 e. The van der Waals surface area contributed by atoms with Crippen LogP contribution in [0.2, 0.25) is 5.02 Å². The zero-order valence-corrected chi connectivity index (χ0v) is 16.6. The Bertz CT molecular complexity index is 924. The fourth-order valence-electron chi connectivity index (χ4n) is 3.21. The summed E-state index contributed by atoms with van der Waals surface area (Å²) in [7, 11) is 2.09. The number of hydrogen-bond acceptors (Lipinski definition) is 3. The molecule has 0 saturated carbocycles. The molecule has 1 heterocycles. The molecule has 0 aliphatic carbocycles. The van der Waals surface area contributed by atoms with E-state index in [-0.39, 0.29) is 11.3 Å². The van der Waals surface area contributed by atoms with E-state index in [1.54, 1.807) is 25.3 Å². The van der Waals surface area contributed by atoms with Gasteiger partial charge >= 0.3 is 0 Å².